The van der Waals surface area contributed by atoms with Crippen molar-refractivity contribution in [1.29, 1.82) is 0 Å². The van der Waals surface area contributed by atoms with Crippen LogP contribution in [0.15, 0.2) is 0 Å². The first-order valence-electron chi connectivity index (χ1n) is 7.98. The van der Waals surface area contributed by atoms with Crippen LogP contribution in [0.4, 0.5) is 0 Å². The van der Waals surface area contributed by atoms with Gasteiger partial charge in [0, 0.05) is 30.1 Å². The van der Waals surface area contributed by atoms with Gasteiger partial charge in [0.2, 0.25) is 0 Å². The summed E-state index contributed by atoms with van der Waals surface area (Å²) in [5.41, 5.74) is 0.434. The van der Waals surface area contributed by atoms with E-state index in [1.54, 1.807) is 0 Å². The second kappa shape index (κ2) is 7.90. The summed E-state index contributed by atoms with van der Waals surface area (Å²) in [5.74, 6) is 1.29. The van der Waals surface area contributed by atoms with E-state index in [2.05, 4.69) is 56.6 Å². The van der Waals surface area contributed by atoms with Crippen LogP contribution in [0, 0.1) is 5.41 Å². The molecular weight excluding hydrogens is 252 g/mol. The summed E-state index contributed by atoms with van der Waals surface area (Å²) in [5, 5.41) is 3.56. The van der Waals surface area contributed by atoms with Gasteiger partial charge in [0.1, 0.15) is 0 Å². The summed E-state index contributed by atoms with van der Waals surface area (Å²) < 4.78 is 0.470. The van der Waals surface area contributed by atoms with Crippen molar-refractivity contribution >= 4 is 11.8 Å². The standard InChI is InChI=1S/C16H34N2S/c1-6-8-16(5,13-17-7-2)14-18-10-9-15(3,4)19-12-11-18/h17H,6-14H2,1-5H3. The minimum atomic E-state index is 0.434. The van der Waals surface area contributed by atoms with E-state index in [1.807, 2.05) is 0 Å². The van der Waals surface area contributed by atoms with Crippen LogP contribution >= 0.6 is 11.8 Å². The van der Waals surface area contributed by atoms with E-state index in [9.17, 15) is 0 Å². The highest BCUT2D eigenvalue weighted by Gasteiger charge is 2.29. The fourth-order valence-electron chi connectivity index (χ4n) is 3.01. The lowest BCUT2D eigenvalue weighted by molar-refractivity contribution is 0.154. The SMILES string of the molecule is CCCC(C)(CNCC)CN1CCSC(C)(C)CC1. The molecule has 0 radical (unpaired) electrons. The first-order valence-corrected chi connectivity index (χ1v) is 8.96. The average molecular weight is 287 g/mol. The summed E-state index contributed by atoms with van der Waals surface area (Å²) >= 11 is 2.14. The maximum absolute atomic E-state index is 3.56. The lowest BCUT2D eigenvalue weighted by atomic mass is 9.84. The van der Waals surface area contributed by atoms with E-state index in [4.69, 9.17) is 0 Å². The number of hydrogen-bond acceptors (Lipinski definition) is 3. The van der Waals surface area contributed by atoms with E-state index < -0.39 is 0 Å². The largest absolute Gasteiger partial charge is 0.316 e. The number of thioether (sulfide) groups is 1. The smallest absolute Gasteiger partial charge is 0.0116 e. The zero-order valence-corrected chi connectivity index (χ0v) is 14.5. The molecule has 3 heteroatoms. The van der Waals surface area contributed by atoms with Crippen LogP contribution in [-0.2, 0) is 0 Å². The predicted molar refractivity (Wildman–Crippen MR) is 89.2 cm³/mol. The van der Waals surface area contributed by atoms with Crippen molar-refractivity contribution in [3.05, 3.63) is 0 Å². The van der Waals surface area contributed by atoms with Crippen molar-refractivity contribution in [2.75, 3.05) is 38.5 Å². The van der Waals surface area contributed by atoms with Gasteiger partial charge >= 0.3 is 0 Å². The van der Waals surface area contributed by atoms with Gasteiger partial charge in [-0.3, -0.25) is 0 Å². The van der Waals surface area contributed by atoms with Crippen LogP contribution in [0.2, 0.25) is 0 Å². The van der Waals surface area contributed by atoms with E-state index in [-0.39, 0.29) is 0 Å². The lowest BCUT2D eigenvalue weighted by Crippen LogP contribution is -2.43. The molecule has 0 aliphatic carbocycles. The molecule has 1 fully saturated rings. The van der Waals surface area contributed by atoms with Crippen LogP contribution in [-0.4, -0.2) is 48.1 Å². The fourth-order valence-corrected chi connectivity index (χ4v) is 4.15. The molecule has 19 heavy (non-hydrogen) atoms. The van der Waals surface area contributed by atoms with Crippen molar-refractivity contribution in [1.82, 2.24) is 10.2 Å². The second-order valence-electron chi connectivity index (χ2n) is 6.98. The third-order valence-corrected chi connectivity index (χ3v) is 5.56. The molecular formula is C16H34N2S. The van der Waals surface area contributed by atoms with Gasteiger partial charge in [-0.1, -0.05) is 41.0 Å². The van der Waals surface area contributed by atoms with Crippen LogP contribution in [0.3, 0.4) is 0 Å². The highest BCUT2D eigenvalue weighted by molar-refractivity contribution is 8.00. The summed E-state index contributed by atoms with van der Waals surface area (Å²) in [4.78, 5) is 2.70. The number of rotatable bonds is 7. The molecule has 0 aromatic heterocycles. The first kappa shape index (κ1) is 17.3. The Kier molecular flexibility index (Phi) is 7.20. The Labute approximate surface area is 125 Å². The van der Waals surface area contributed by atoms with Gasteiger partial charge in [-0.05, 0) is 31.3 Å². The highest BCUT2D eigenvalue weighted by atomic mass is 32.2. The molecule has 114 valence electrons. The monoisotopic (exact) mass is 286 g/mol. The van der Waals surface area contributed by atoms with Crippen LogP contribution in [0.25, 0.3) is 0 Å². The van der Waals surface area contributed by atoms with Crippen LogP contribution in [0.5, 0.6) is 0 Å². The Balaban J connectivity index is 2.53. The van der Waals surface area contributed by atoms with Crippen molar-refractivity contribution in [3.8, 4) is 0 Å². The molecule has 1 aliphatic heterocycles. The van der Waals surface area contributed by atoms with E-state index in [1.165, 1.54) is 44.6 Å². The van der Waals surface area contributed by atoms with Crippen molar-refractivity contribution in [2.45, 2.75) is 58.6 Å². The summed E-state index contributed by atoms with van der Waals surface area (Å²) in [6.45, 7) is 17.8. The first-order chi connectivity index (χ1) is 8.91. The molecule has 1 heterocycles. The van der Waals surface area contributed by atoms with Crippen molar-refractivity contribution in [3.63, 3.8) is 0 Å². The molecule has 0 spiro atoms. The molecule has 1 unspecified atom stereocenters. The van der Waals surface area contributed by atoms with Gasteiger partial charge in [0.25, 0.3) is 0 Å². The third kappa shape index (κ3) is 6.50. The molecule has 0 aromatic rings. The molecule has 1 saturated heterocycles. The summed E-state index contributed by atoms with van der Waals surface area (Å²) in [6, 6.07) is 0. The van der Waals surface area contributed by atoms with E-state index in [0.29, 0.717) is 10.2 Å². The van der Waals surface area contributed by atoms with Gasteiger partial charge in [-0.15, -0.1) is 0 Å². The van der Waals surface area contributed by atoms with Gasteiger partial charge < -0.3 is 10.2 Å². The Morgan fingerprint density at radius 1 is 1.26 bits per heavy atom. The molecule has 0 aromatic carbocycles. The number of nitrogens with one attached hydrogen (secondary N) is 1. The number of hydrogen-bond donors (Lipinski definition) is 1. The highest BCUT2D eigenvalue weighted by Crippen LogP contribution is 2.32. The zero-order chi connectivity index (χ0) is 14.4. The third-order valence-electron chi connectivity index (χ3n) is 4.19. The topological polar surface area (TPSA) is 15.3 Å². The molecule has 1 atom stereocenters. The molecule has 1 rings (SSSR count). The zero-order valence-electron chi connectivity index (χ0n) is 13.7. The van der Waals surface area contributed by atoms with Gasteiger partial charge in [0.15, 0.2) is 0 Å². The maximum Gasteiger partial charge on any atom is 0.0116 e. The minimum Gasteiger partial charge on any atom is -0.316 e. The Morgan fingerprint density at radius 3 is 2.63 bits per heavy atom. The summed E-state index contributed by atoms with van der Waals surface area (Å²) in [6.07, 6.45) is 3.93. The molecule has 0 bridgehead atoms. The number of nitrogens with zero attached hydrogens (tertiary/aromatic N) is 1. The lowest BCUT2D eigenvalue weighted by Gasteiger charge is -2.35. The molecule has 1 N–H and O–H groups in total. The van der Waals surface area contributed by atoms with Crippen molar-refractivity contribution < 1.29 is 0 Å². The van der Waals surface area contributed by atoms with Crippen molar-refractivity contribution in [2.24, 2.45) is 5.41 Å². The summed E-state index contributed by atoms with van der Waals surface area (Å²) in [7, 11) is 0. The van der Waals surface area contributed by atoms with Gasteiger partial charge in [-0.2, -0.15) is 11.8 Å². The van der Waals surface area contributed by atoms with E-state index >= 15 is 0 Å². The minimum absolute atomic E-state index is 0.434. The molecule has 0 saturated carbocycles. The fraction of sp³-hybridized carbons (Fsp3) is 1.00. The van der Waals surface area contributed by atoms with Crippen LogP contribution < -0.4 is 5.32 Å². The Bertz CT molecular complexity index is 255. The van der Waals surface area contributed by atoms with Gasteiger partial charge in [0.05, 0.1) is 0 Å². The molecule has 1 aliphatic rings. The normalized spacial score (nSPS) is 23.8. The molecule has 0 amide bonds. The Hall–Kier alpha value is 0.270. The Morgan fingerprint density at radius 2 is 2.00 bits per heavy atom. The van der Waals surface area contributed by atoms with Crippen LogP contribution in [0.1, 0.15) is 53.9 Å². The predicted octanol–water partition coefficient (Wildman–Crippen LogP) is 3.62. The molecule has 2 nitrogen and oxygen atoms in total. The maximum atomic E-state index is 3.56. The quantitative estimate of drug-likeness (QED) is 0.769. The second-order valence-corrected chi connectivity index (χ2v) is 8.78. The van der Waals surface area contributed by atoms with Gasteiger partial charge in [-0.25, -0.2) is 0 Å². The van der Waals surface area contributed by atoms with E-state index in [0.717, 1.165) is 13.1 Å². The average Bonchev–Trinajstić information content (AvgIpc) is 2.49.